The molecule has 18 heavy (non-hydrogen) atoms. The van der Waals surface area contributed by atoms with Crippen LogP contribution in [0.15, 0.2) is 6.20 Å². The lowest BCUT2D eigenvalue weighted by molar-refractivity contribution is -0.137. The lowest BCUT2D eigenvalue weighted by Crippen LogP contribution is -2.43. The summed E-state index contributed by atoms with van der Waals surface area (Å²) in [6.45, 7) is 3.27. The third-order valence-corrected chi connectivity index (χ3v) is 2.74. The minimum Gasteiger partial charge on any atom is -0.481 e. The topological polar surface area (TPSA) is 109 Å². The zero-order valence-electron chi connectivity index (χ0n) is 9.96. The van der Waals surface area contributed by atoms with Crippen LogP contribution in [-0.4, -0.2) is 51.1 Å². The molecule has 1 aliphatic heterocycles. The second-order valence-corrected chi connectivity index (χ2v) is 4.37. The fraction of sp³-hybridized carbons (Fsp3) is 0.600. The summed E-state index contributed by atoms with van der Waals surface area (Å²) in [6, 6.07) is -0.194. The maximum atomic E-state index is 11.7. The van der Waals surface area contributed by atoms with Gasteiger partial charge >= 0.3 is 5.97 Å². The largest absolute Gasteiger partial charge is 0.481 e. The number of hydrogen-bond donors (Lipinski definition) is 3. The van der Waals surface area contributed by atoms with Crippen molar-refractivity contribution in [1.82, 2.24) is 25.6 Å². The van der Waals surface area contributed by atoms with Crippen molar-refractivity contribution in [2.24, 2.45) is 0 Å². The van der Waals surface area contributed by atoms with E-state index in [2.05, 4.69) is 20.9 Å². The highest BCUT2D eigenvalue weighted by atomic mass is 16.4. The van der Waals surface area contributed by atoms with E-state index >= 15 is 0 Å². The fourth-order valence-corrected chi connectivity index (χ4v) is 1.63. The van der Waals surface area contributed by atoms with Crippen LogP contribution in [0.3, 0.4) is 0 Å². The van der Waals surface area contributed by atoms with E-state index in [4.69, 9.17) is 5.11 Å². The van der Waals surface area contributed by atoms with Crippen LogP contribution in [0.2, 0.25) is 0 Å². The number of rotatable bonds is 5. The van der Waals surface area contributed by atoms with Crippen molar-refractivity contribution >= 4 is 11.9 Å². The average molecular weight is 253 g/mol. The van der Waals surface area contributed by atoms with Gasteiger partial charge in [0.05, 0.1) is 18.7 Å². The first-order valence-corrected chi connectivity index (χ1v) is 5.71. The normalized spacial score (nSPS) is 16.9. The molecule has 0 spiro atoms. The minimum atomic E-state index is -0.952. The van der Waals surface area contributed by atoms with Gasteiger partial charge < -0.3 is 15.7 Å². The van der Waals surface area contributed by atoms with E-state index < -0.39 is 17.9 Å². The molecule has 0 radical (unpaired) electrons. The number of hydrogen-bond acceptors (Lipinski definition) is 5. The van der Waals surface area contributed by atoms with Crippen LogP contribution >= 0.6 is 0 Å². The van der Waals surface area contributed by atoms with E-state index in [1.165, 1.54) is 0 Å². The maximum Gasteiger partial charge on any atom is 0.305 e. The van der Waals surface area contributed by atoms with Crippen LogP contribution in [0.25, 0.3) is 0 Å². The second-order valence-electron chi connectivity index (χ2n) is 4.37. The maximum absolute atomic E-state index is 11.7. The van der Waals surface area contributed by atoms with Crippen LogP contribution in [-0.2, 0) is 4.79 Å². The van der Waals surface area contributed by atoms with Gasteiger partial charge in [0.15, 0.2) is 5.69 Å². The van der Waals surface area contributed by atoms with Crippen LogP contribution in [0.4, 0.5) is 0 Å². The van der Waals surface area contributed by atoms with E-state index in [9.17, 15) is 9.59 Å². The Balaban J connectivity index is 1.92. The molecule has 1 saturated heterocycles. The van der Waals surface area contributed by atoms with E-state index in [1.807, 2.05) is 0 Å². The molecule has 8 heteroatoms. The Hall–Kier alpha value is -1.96. The fourth-order valence-electron chi connectivity index (χ4n) is 1.63. The SMILES string of the molecule is CC(CC(=O)O)NC(=O)c1cn(C2CNC2)nn1. The van der Waals surface area contributed by atoms with Crippen LogP contribution in [0.5, 0.6) is 0 Å². The summed E-state index contributed by atoms with van der Waals surface area (Å²) in [5.41, 5.74) is 0.208. The molecule has 8 nitrogen and oxygen atoms in total. The molecule has 2 rings (SSSR count). The average Bonchev–Trinajstić information content (AvgIpc) is 2.62. The molecule has 0 aromatic carbocycles. The Labute approximate surface area is 103 Å². The van der Waals surface area contributed by atoms with Crippen molar-refractivity contribution in [2.75, 3.05) is 13.1 Å². The molecule has 1 amide bonds. The lowest BCUT2D eigenvalue weighted by atomic mass is 10.2. The number of aromatic nitrogens is 3. The number of carboxylic acids is 1. The molecule has 98 valence electrons. The highest BCUT2D eigenvalue weighted by Crippen LogP contribution is 2.09. The third-order valence-electron chi connectivity index (χ3n) is 2.74. The van der Waals surface area contributed by atoms with Gasteiger partial charge in [-0.3, -0.25) is 9.59 Å². The number of aliphatic carboxylic acids is 1. The Morgan fingerprint density at radius 3 is 2.94 bits per heavy atom. The van der Waals surface area contributed by atoms with Crippen LogP contribution in [0, 0.1) is 0 Å². The van der Waals surface area contributed by atoms with Gasteiger partial charge in [-0.1, -0.05) is 5.21 Å². The van der Waals surface area contributed by atoms with Gasteiger partial charge in [0.25, 0.3) is 5.91 Å². The van der Waals surface area contributed by atoms with E-state index in [0.717, 1.165) is 13.1 Å². The van der Waals surface area contributed by atoms with Crippen molar-refractivity contribution in [3.63, 3.8) is 0 Å². The van der Waals surface area contributed by atoms with Crippen molar-refractivity contribution in [3.8, 4) is 0 Å². The molecule has 0 saturated carbocycles. The number of nitrogens with zero attached hydrogens (tertiary/aromatic N) is 3. The molecule has 0 bridgehead atoms. The van der Waals surface area contributed by atoms with Gasteiger partial charge in [0.2, 0.25) is 0 Å². The Morgan fingerprint density at radius 1 is 1.67 bits per heavy atom. The Morgan fingerprint density at radius 2 is 2.39 bits per heavy atom. The number of carbonyl (C=O) groups excluding carboxylic acids is 1. The van der Waals surface area contributed by atoms with E-state index in [-0.39, 0.29) is 18.2 Å². The second kappa shape index (κ2) is 5.13. The van der Waals surface area contributed by atoms with Gasteiger partial charge in [-0.05, 0) is 6.92 Å². The van der Waals surface area contributed by atoms with Gasteiger partial charge in [0.1, 0.15) is 0 Å². The van der Waals surface area contributed by atoms with Crippen molar-refractivity contribution in [1.29, 1.82) is 0 Å². The molecule has 1 atom stereocenters. The minimum absolute atomic E-state index is 0.119. The summed E-state index contributed by atoms with van der Waals surface area (Å²) in [5, 5.41) is 21.9. The van der Waals surface area contributed by atoms with Gasteiger partial charge in [-0.15, -0.1) is 5.10 Å². The number of amides is 1. The Bertz CT molecular complexity index is 454. The van der Waals surface area contributed by atoms with Crippen molar-refractivity contribution < 1.29 is 14.7 Å². The molecule has 1 aliphatic rings. The van der Waals surface area contributed by atoms with Crippen molar-refractivity contribution in [2.45, 2.75) is 25.4 Å². The molecular formula is C10H15N5O3. The van der Waals surface area contributed by atoms with Gasteiger partial charge in [-0.2, -0.15) is 0 Å². The number of nitrogens with one attached hydrogen (secondary N) is 2. The molecule has 1 aromatic rings. The first-order valence-electron chi connectivity index (χ1n) is 5.71. The predicted octanol–water partition coefficient (Wildman–Crippen LogP) is -0.985. The van der Waals surface area contributed by atoms with E-state index in [0.29, 0.717) is 0 Å². The molecule has 1 unspecified atom stereocenters. The molecule has 0 aliphatic carbocycles. The summed E-state index contributed by atoms with van der Waals surface area (Å²) in [6.07, 6.45) is 1.46. The monoisotopic (exact) mass is 253 g/mol. The summed E-state index contributed by atoms with van der Waals surface area (Å²) < 4.78 is 1.65. The highest BCUT2D eigenvalue weighted by molar-refractivity contribution is 5.92. The lowest BCUT2D eigenvalue weighted by Gasteiger charge is -2.26. The summed E-state index contributed by atoms with van der Waals surface area (Å²) in [5.74, 6) is -1.35. The summed E-state index contributed by atoms with van der Waals surface area (Å²) in [4.78, 5) is 22.2. The molecule has 2 heterocycles. The standard InChI is InChI=1S/C10H15N5O3/c1-6(2-9(16)17)12-10(18)8-5-15(14-13-8)7-3-11-4-7/h5-7,11H,2-4H2,1H3,(H,12,18)(H,16,17). The number of carbonyl (C=O) groups is 2. The smallest absolute Gasteiger partial charge is 0.305 e. The molecule has 1 fully saturated rings. The summed E-state index contributed by atoms with van der Waals surface area (Å²) >= 11 is 0. The molecule has 1 aromatic heterocycles. The van der Waals surface area contributed by atoms with Crippen LogP contribution < -0.4 is 10.6 Å². The van der Waals surface area contributed by atoms with Gasteiger partial charge in [0, 0.05) is 19.1 Å². The first-order chi connectivity index (χ1) is 8.56. The Kier molecular flexibility index (Phi) is 3.56. The molecular weight excluding hydrogens is 238 g/mol. The zero-order chi connectivity index (χ0) is 13.1. The van der Waals surface area contributed by atoms with Gasteiger partial charge in [-0.25, -0.2) is 4.68 Å². The zero-order valence-corrected chi connectivity index (χ0v) is 9.96. The quantitative estimate of drug-likeness (QED) is 0.622. The molecule has 3 N–H and O–H groups in total. The third kappa shape index (κ3) is 2.83. The predicted molar refractivity (Wildman–Crippen MR) is 61.1 cm³/mol. The number of carboxylic acid groups (broad SMARTS) is 1. The van der Waals surface area contributed by atoms with Crippen LogP contribution in [0.1, 0.15) is 29.9 Å². The first kappa shape index (κ1) is 12.5. The van der Waals surface area contributed by atoms with Crippen molar-refractivity contribution in [3.05, 3.63) is 11.9 Å². The highest BCUT2D eigenvalue weighted by Gasteiger charge is 2.22. The summed E-state index contributed by atoms with van der Waals surface area (Å²) in [7, 11) is 0. The van der Waals surface area contributed by atoms with E-state index in [1.54, 1.807) is 17.8 Å².